The maximum absolute atomic E-state index is 13.2. The molecule has 0 bridgehead atoms. The molecule has 0 radical (unpaired) electrons. The normalized spacial score (nSPS) is 11.6. The van der Waals surface area contributed by atoms with Crippen molar-refractivity contribution in [1.82, 2.24) is 15.5 Å². The van der Waals surface area contributed by atoms with Gasteiger partial charge in [-0.05, 0) is 38.5 Å². The van der Waals surface area contributed by atoms with Crippen LogP contribution in [-0.4, -0.2) is 47.8 Å². The monoisotopic (exact) mass is 395 g/mol. The summed E-state index contributed by atoms with van der Waals surface area (Å²) in [5, 5.41) is 5.65. The Morgan fingerprint density at radius 2 is 1.48 bits per heavy atom. The van der Waals surface area contributed by atoms with Gasteiger partial charge in [0.15, 0.2) is 0 Å². The van der Waals surface area contributed by atoms with Gasteiger partial charge < -0.3 is 15.5 Å². The zero-order valence-electron chi connectivity index (χ0n) is 17.2. The average molecular weight is 396 g/mol. The predicted molar refractivity (Wildman–Crippen MR) is 113 cm³/mol. The SMILES string of the molecule is CCN(CC(=O)NC(C)C)C(=O)C(Cc1ccccc1)NC(=O)c1ccccc1. The molecule has 2 aromatic rings. The van der Waals surface area contributed by atoms with E-state index in [0.717, 1.165) is 5.56 Å². The summed E-state index contributed by atoms with van der Waals surface area (Å²) >= 11 is 0. The van der Waals surface area contributed by atoms with E-state index in [9.17, 15) is 14.4 Å². The van der Waals surface area contributed by atoms with E-state index in [2.05, 4.69) is 10.6 Å². The second-order valence-electron chi connectivity index (χ2n) is 7.16. The van der Waals surface area contributed by atoms with Gasteiger partial charge in [0.2, 0.25) is 11.8 Å². The topological polar surface area (TPSA) is 78.5 Å². The van der Waals surface area contributed by atoms with Gasteiger partial charge in [-0.2, -0.15) is 0 Å². The number of likely N-dealkylation sites (N-methyl/N-ethyl adjacent to an activating group) is 1. The molecule has 0 fully saturated rings. The van der Waals surface area contributed by atoms with E-state index in [1.807, 2.05) is 57.2 Å². The highest BCUT2D eigenvalue weighted by Crippen LogP contribution is 2.08. The Labute approximate surface area is 172 Å². The second kappa shape index (κ2) is 11.0. The minimum Gasteiger partial charge on any atom is -0.352 e. The lowest BCUT2D eigenvalue weighted by atomic mass is 10.0. The Bertz CT molecular complexity index is 807. The first-order valence-corrected chi connectivity index (χ1v) is 9.88. The molecule has 3 amide bonds. The number of rotatable bonds is 9. The van der Waals surface area contributed by atoms with Crippen molar-refractivity contribution < 1.29 is 14.4 Å². The number of nitrogens with one attached hydrogen (secondary N) is 2. The molecule has 1 atom stereocenters. The first-order chi connectivity index (χ1) is 13.9. The van der Waals surface area contributed by atoms with Crippen molar-refractivity contribution in [3.05, 3.63) is 71.8 Å². The van der Waals surface area contributed by atoms with Crippen LogP contribution < -0.4 is 10.6 Å². The zero-order valence-corrected chi connectivity index (χ0v) is 17.2. The summed E-state index contributed by atoms with van der Waals surface area (Å²) in [6, 6.07) is 17.5. The van der Waals surface area contributed by atoms with Crippen molar-refractivity contribution in [2.45, 2.75) is 39.3 Å². The average Bonchev–Trinajstić information content (AvgIpc) is 2.72. The van der Waals surface area contributed by atoms with Crippen molar-refractivity contribution in [3.8, 4) is 0 Å². The van der Waals surface area contributed by atoms with Crippen LogP contribution in [0.2, 0.25) is 0 Å². The molecule has 0 saturated heterocycles. The number of nitrogens with zero attached hydrogens (tertiary/aromatic N) is 1. The lowest BCUT2D eigenvalue weighted by Crippen LogP contribution is -2.52. The van der Waals surface area contributed by atoms with Crippen molar-refractivity contribution >= 4 is 17.7 Å². The van der Waals surface area contributed by atoms with Gasteiger partial charge in [0.05, 0.1) is 6.54 Å². The highest BCUT2D eigenvalue weighted by atomic mass is 16.2. The number of carbonyl (C=O) groups is 3. The largest absolute Gasteiger partial charge is 0.352 e. The molecule has 154 valence electrons. The van der Waals surface area contributed by atoms with Crippen LogP contribution in [0.3, 0.4) is 0 Å². The number of hydrogen-bond acceptors (Lipinski definition) is 3. The van der Waals surface area contributed by atoms with E-state index in [4.69, 9.17) is 0 Å². The van der Waals surface area contributed by atoms with Crippen LogP contribution in [0.15, 0.2) is 60.7 Å². The first kappa shape index (κ1) is 22.1. The van der Waals surface area contributed by atoms with Crippen LogP contribution in [0, 0.1) is 0 Å². The molecule has 0 heterocycles. The quantitative estimate of drug-likeness (QED) is 0.684. The molecule has 6 nitrogen and oxygen atoms in total. The van der Waals surface area contributed by atoms with Gasteiger partial charge in [-0.1, -0.05) is 48.5 Å². The molecule has 0 aliphatic rings. The van der Waals surface area contributed by atoms with Crippen molar-refractivity contribution in [2.75, 3.05) is 13.1 Å². The Morgan fingerprint density at radius 1 is 0.897 bits per heavy atom. The minimum atomic E-state index is -0.767. The molecule has 0 saturated carbocycles. The summed E-state index contributed by atoms with van der Waals surface area (Å²) in [5.74, 6) is -0.815. The Morgan fingerprint density at radius 3 is 2.03 bits per heavy atom. The maximum atomic E-state index is 13.2. The minimum absolute atomic E-state index is 0.00536. The van der Waals surface area contributed by atoms with E-state index in [1.165, 1.54) is 4.90 Å². The number of hydrogen-bond donors (Lipinski definition) is 2. The molecular weight excluding hydrogens is 366 g/mol. The lowest BCUT2D eigenvalue weighted by molar-refractivity contribution is -0.137. The van der Waals surface area contributed by atoms with Crippen LogP contribution >= 0.6 is 0 Å². The van der Waals surface area contributed by atoms with Gasteiger partial charge in [-0.3, -0.25) is 14.4 Å². The summed E-state index contributed by atoms with van der Waals surface area (Å²) in [6.45, 7) is 5.89. The van der Waals surface area contributed by atoms with Crippen LogP contribution in [0.5, 0.6) is 0 Å². The molecule has 0 aliphatic heterocycles. The highest BCUT2D eigenvalue weighted by Gasteiger charge is 2.27. The summed E-state index contributed by atoms with van der Waals surface area (Å²) in [7, 11) is 0. The van der Waals surface area contributed by atoms with Crippen LogP contribution in [-0.2, 0) is 16.0 Å². The number of carbonyl (C=O) groups excluding carboxylic acids is 3. The molecule has 2 aromatic carbocycles. The molecule has 2 N–H and O–H groups in total. The Kier molecular flexibility index (Phi) is 8.40. The number of amides is 3. The summed E-state index contributed by atoms with van der Waals surface area (Å²) in [5.41, 5.74) is 1.42. The molecule has 1 unspecified atom stereocenters. The third kappa shape index (κ3) is 7.07. The molecule has 2 rings (SSSR count). The summed E-state index contributed by atoms with van der Waals surface area (Å²) < 4.78 is 0. The van der Waals surface area contributed by atoms with Gasteiger partial charge in [-0.15, -0.1) is 0 Å². The standard InChI is InChI=1S/C23H29N3O3/c1-4-26(16-21(27)24-17(2)3)23(29)20(15-18-11-7-5-8-12-18)25-22(28)19-13-9-6-10-14-19/h5-14,17,20H,4,15-16H2,1-3H3,(H,24,27)(H,25,28). The Hall–Kier alpha value is -3.15. The van der Waals surface area contributed by atoms with E-state index >= 15 is 0 Å². The van der Waals surface area contributed by atoms with Gasteiger partial charge in [0, 0.05) is 24.6 Å². The highest BCUT2D eigenvalue weighted by molar-refractivity contribution is 5.98. The van der Waals surface area contributed by atoms with E-state index in [-0.39, 0.29) is 30.3 Å². The molecule has 6 heteroatoms. The van der Waals surface area contributed by atoms with Crippen LogP contribution in [0.1, 0.15) is 36.7 Å². The fraction of sp³-hybridized carbons (Fsp3) is 0.348. The zero-order chi connectivity index (χ0) is 21.2. The third-order valence-corrected chi connectivity index (χ3v) is 4.40. The van der Waals surface area contributed by atoms with Gasteiger partial charge in [0.25, 0.3) is 5.91 Å². The van der Waals surface area contributed by atoms with E-state index < -0.39 is 6.04 Å². The van der Waals surface area contributed by atoms with Gasteiger partial charge in [0.1, 0.15) is 6.04 Å². The first-order valence-electron chi connectivity index (χ1n) is 9.88. The van der Waals surface area contributed by atoms with E-state index in [1.54, 1.807) is 24.3 Å². The maximum Gasteiger partial charge on any atom is 0.251 e. The molecule has 0 spiro atoms. The van der Waals surface area contributed by atoms with Gasteiger partial charge >= 0.3 is 0 Å². The molecular formula is C23H29N3O3. The van der Waals surface area contributed by atoms with Crippen molar-refractivity contribution in [1.29, 1.82) is 0 Å². The summed E-state index contributed by atoms with van der Waals surface area (Å²) in [4.78, 5) is 39.5. The van der Waals surface area contributed by atoms with Crippen molar-refractivity contribution in [3.63, 3.8) is 0 Å². The Balaban J connectivity index is 2.19. The molecule has 0 aliphatic carbocycles. The van der Waals surface area contributed by atoms with Crippen LogP contribution in [0.25, 0.3) is 0 Å². The smallest absolute Gasteiger partial charge is 0.251 e. The van der Waals surface area contributed by atoms with Gasteiger partial charge in [-0.25, -0.2) is 0 Å². The number of benzene rings is 2. The predicted octanol–water partition coefficient (Wildman–Crippen LogP) is 2.40. The third-order valence-electron chi connectivity index (χ3n) is 4.40. The lowest BCUT2D eigenvalue weighted by Gasteiger charge is -2.27. The second-order valence-corrected chi connectivity index (χ2v) is 7.16. The fourth-order valence-corrected chi connectivity index (χ4v) is 2.99. The fourth-order valence-electron chi connectivity index (χ4n) is 2.99. The molecule has 29 heavy (non-hydrogen) atoms. The van der Waals surface area contributed by atoms with Crippen LogP contribution in [0.4, 0.5) is 0 Å². The van der Waals surface area contributed by atoms with E-state index in [0.29, 0.717) is 18.5 Å². The van der Waals surface area contributed by atoms with Crippen molar-refractivity contribution in [2.24, 2.45) is 0 Å². The summed E-state index contributed by atoms with van der Waals surface area (Å²) in [6.07, 6.45) is 0.348. The molecule has 0 aromatic heterocycles.